The van der Waals surface area contributed by atoms with Crippen LogP contribution in [0.1, 0.15) is 34.1 Å². The van der Waals surface area contributed by atoms with Crippen molar-refractivity contribution in [3.63, 3.8) is 0 Å². The topological polar surface area (TPSA) is 26.3 Å². The standard InChI is InChI=1S/C20H26O2Si/c1-17(15-16-21)22-23(20(2,3)4,18-11-7-5-8-12-18)19-13-9-6-10-14-19/h5-14,16-17H,15H2,1-4H3/t17-/m1/s1. The van der Waals surface area contributed by atoms with Gasteiger partial charge >= 0.3 is 0 Å². The zero-order valence-electron chi connectivity index (χ0n) is 14.5. The molecule has 2 nitrogen and oxygen atoms in total. The van der Waals surface area contributed by atoms with Gasteiger partial charge in [0.05, 0.1) is 0 Å². The van der Waals surface area contributed by atoms with E-state index in [0.29, 0.717) is 6.42 Å². The Balaban J connectivity index is 2.67. The summed E-state index contributed by atoms with van der Waals surface area (Å²) >= 11 is 0. The Morgan fingerprint density at radius 3 is 1.74 bits per heavy atom. The van der Waals surface area contributed by atoms with Crippen LogP contribution < -0.4 is 10.4 Å². The first-order valence-corrected chi connectivity index (χ1v) is 10.0. The lowest BCUT2D eigenvalue weighted by molar-refractivity contribution is -0.109. The zero-order chi connectivity index (χ0) is 16.9. The van der Waals surface area contributed by atoms with E-state index in [0.717, 1.165) is 6.29 Å². The summed E-state index contributed by atoms with van der Waals surface area (Å²) in [7, 11) is -2.51. The van der Waals surface area contributed by atoms with E-state index >= 15 is 0 Å². The Hall–Kier alpha value is -1.71. The smallest absolute Gasteiger partial charge is 0.261 e. The SMILES string of the molecule is C[C@H](CC=O)O[Si](c1ccccc1)(c1ccccc1)C(C)(C)C. The first-order valence-electron chi connectivity index (χ1n) is 8.14. The quantitative estimate of drug-likeness (QED) is 0.599. The normalized spacial score (nSPS) is 13.6. The van der Waals surface area contributed by atoms with Crippen LogP contribution in [0.4, 0.5) is 0 Å². The molecule has 0 saturated carbocycles. The van der Waals surface area contributed by atoms with Gasteiger partial charge in [-0.3, -0.25) is 0 Å². The van der Waals surface area contributed by atoms with Crippen molar-refractivity contribution < 1.29 is 9.22 Å². The number of carbonyl (C=O) groups excluding carboxylic acids is 1. The molecule has 0 aromatic heterocycles. The Morgan fingerprint density at radius 2 is 1.39 bits per heavy atom. The van der Waals surface area contributed by atoms with Gasteiger partial charge in [-0.2, -0.15) is 0 Å². The highest BCUT2D eigenvalue weighted by molar-refractivity contribution is 6.99. The minimum absolute atomic E-state index is 0.0488. The van der Waals surface area contributed by atoms with Crippen LogP contribution in [-0.4, -0.2) is 20.7 Å². The highest BCUT2D eigenvalue weighted by atomic mass is 28.4. The van der Waals surface area contributed by atoms with Crippen LogP contribution in [0.15, 0.2) is 60.7 Å². The Kier molecular flexibility index (Phi) is 5.55. The second-order valence-corrected chi connectivity index (χ2v) is 11.2. The summed E-state index contributed by atoms with van der Waals surface area (Å²) in [6, 6.07) is 21.0. The van der Waals surface area contributed by atoms with Crippen molar-refractivity contribution in [1.82, 2.24) is 0 Å². The Labute approximate surface area is 140 Å². The van der Waals surface area contributed by atoms with Crippen molar-refractivity contribution in [2.75, 3.05) is 0 Å². The molecule has 0 aliphatic heterocycles. The first-order chi connectivity index (χ1) is 10.9. The van der Waals surface area contributed by atoms with Crippen LogP contribution in [-0.2, 0) is 9.22 Å². The molecule has 23 heavy (non-hydrogen) atoms. The summed E-state index contributed by atoms with van der Waals surface area (Å²) < 4.78 is 6.72. The highest BCUT2D eigenvalue weighted by Gasteiger charge is 2.50. The minimum atomic E-state index is -2.51. The number of hydrogen-bond donors (Lipinski definition) is 0. The van der Waals surface area contributed by atoms with Crippen LogP contribution in [0.2, 0.25) is 5.04 Å². The molecule has 2 rings (SSSR count). The maximum Gasteiger partial charge on any atom is 0.261 e. The van der Waals surface area contributed by atoms with E-state index in [1.54, 1.807) is 0 Å². The molecule has 1 atom stereocenters. The number of rotatable bonds is 6. The molecule has 0 N–H and O–H groups in total. The summed E-state index contributed by atoms with van der Waals surface area (Å²) in [5.74, 6) is 0. The van der Waals surface area contributed by atoms with Gasteiger partial charge in [0.25, 0.3) is 8.32 Å². The first kappa shape index (κ1) is 17.6. The number of benzene rings is 2. The lowest BCUT2D eigenvalue weighted by Crippen LogP contribution is -2.67. The van der Waals surface area contributed by atoms with E-state index in [9.17, 15) is 4.79 Å². The molecule has 0 radical (unpaired) electrons. The average molecular weight is 327 g/mol. The van der Waals surface area contributed by atoms with Gasteiger partial charge in [-0.05, 0) is 22.3 Å². The van der Waals surface area contributed by atoms with E-state index in [4.69, 9.17) is 4.43 Å². The molecule has 2 aromatic carbocycles. The molecule has 3 heteroatoms. The van der Waals surface area contributed by atoms with Gasteiger partial charge in [0.2, 0.25) is 0 Å². The third-order valence-electron chi connectivity index (χ3n) is 4.22. The Bertz CT molecular complexity index is 578. The molecule has 0 heterocycles. The minimum Gasteiger partial charge on any atom is -0.404 e. The third-order valence-corrected chi connectivity index (χ3v) is 9.38. The van der Waals surface area contributed by atoms with Gasteiger partial charge in [-0.1, -0.05) is 81.4 Å². The summed E-state index contributed by atoms with van der Waals surface area (Å²) in [5.41, 5.74) is 0. The predicted molar refractivity (Wildman–Crippen MR) is 98.8 cm³/mol. The van der Waals surface area contributed by atoms with Crippen LogP contribution in [0, 0.1) is 0 Å². The largest absolute Gasteiger partial charge is 0.404 e. The fraction of sp³-hybridized carbons (Fsp3) is 0.350. The molecule has 0 unspecified atom stereocenters. The maximum absolute atomic E-state index is 11.0. The van der Waals surface area contributed by atoms with Crippen LogP contribution >= 0.6 is 0 Å². The lowest BCUT2D eigenvalue weighted by Gasteiger charge is -2.44. The van der Waals surface area contributed by atoms with Gasteiger partial charge in [0.15, 0.2) is 0 Å². The van der Waals surface area contributed by atoms with Crippen molar-refractivity contribution in [1.29, 1.82) is 0 Å². The molecule has 0 aliphatic rings. The predicted octanol–water partition coefficient (Wildman–Crippen LogP) is 3.54. The molecular weight excluding hydrogens is 300 g/mol. The number of carbonyl (C=O) groups is 1. The molecule has 2 aromatic rings. The summed E-state index contributed by atoms with van der Waals surface area (Å²) in [4.78, 5) is 11.0. The highest BCUT2D eigenvalue weighted by Crippen LogP contribution is 2.37. The third kappa shape index (κ3) is 3.62. The fourth-order valence-electron chi connectivity index (χ4n) is 3.18. The zero-order valence-corrected chi connectivity index (χ0v) is 15.5. The van der Waals surface area contributed by atoms with E-state index in [1.807, 2.05) is 19.1 Å². The van der Waals surface area contributed by atoms with Gasteiger partial charge < -0.3 is 9.22 Å². The van der Waals surface area contributed by atoms with E-state index in [1.165, 1.54) is 10.4 Å². The van der Waals surface area contributed by atoms with E-state index in [2.05, 4.69) is 69.3 Å². The molecule has 0 spiro atoms. The van der Waals surface area contributed by atoms with Crippen molar-refractivity contribution in [2.24, 2.45) is 0 Å². The number of aldehydes is 1. The summed E-state index contributed by atoms with van der Waals surface area (Å²) in [5, 5.41) is 2.44. The maximum atomic E-state index is 11.0. The van der Waals surface area contributed by atoms with Gasteiger partial charge in [-0.15, -0.1) is 0 Å². The van der Waals surface area contributed by atoms with Gasteiger partial charge in [0, 0.05) is 12.5 Å². The van der Waals surface area contributed by atoms with Crippen molar-refractivity contribution in [3.05, 3.63) is 60.7 Å². The van der Waals surface area contributed by atoms with Gasteiger partial charge in [0.1, 0.15) is 6.29 Å². The molecular formula is C20H26O2Si. The second-order valence-electron chi connectivity index (χ2n) is 6.99. The summed E-state index contributed by atoms with van der Waals surface area (Å²) in [6.07, 6.45) is 1.27. The molecule has 0 amide bonds. The van der Waals surface area contributed by atoms with Crippen LogP contribution in [0.25, 0.3) is 0 Å². The molecule has 0 fully saturated rings. The van der Waals surface area contributed by atoms with Crippen molar-refractivity contribution in [2.45, 2.75) is 45.3 Å². The Morgan fingerprint density at radius 1 is 0.957 bits per heavy atom. The van der Waals surface area contributed by atoms with Crippen LogP contribution in [0.3, 0.4) is 0 Å². The molecule has 0 aliphatic carbocycles. The summed E-state index contributed by atoms with van der Waals surface area (Å²) in [6.45, 7) is 8.72. The monoisotopic (exact) mass is 326 g/mol. The molecule has 0 saturated heterocycles. The van der Waals surface area contributed by atoms with Crippen molar-refractivity contribution in [3.8, 4) is 0 Å². The van der Waals surface area contributed by atoms with Crippen molar-refractivity contribution >= 4 is 25.0 Å². The number of hydrogen-bond acceptors (Lipinski definition) is 2. The van der Waals surface area contributed by atoms with E-state index < -0.39 is 8.32 Å². The molecule has 0 bridgehead atoms. The fourth-order valence-corrected chi connectivity index (χ4v) is 7.89. The van der Waals surface area contributed by atoms with E-state index in [-0.39, 0.29) is 11.1 Å². The second kappa shape index (κ2) is 7.24. The van der Waals surface area contributed by atoms with Gasteiger partial charge in [-0.25, -0.2) is 0 Å². The van der Waals surface area contributed by atoms with Crippen LogP contribution in [0.5, 0.6) is 0 Å². The molecule has 122 valence electrons. The lowest BCUT2D eigenvalue weighted by atomic mass is 10.2. The average Bonchev–Trinajstić information content (AvgIpc) is 2.53.